The fourth-order valence-corrected chi connectivity index (χ4v) is 6.91. The first kappa shape index (κ1) is 51.2. The van der Waals surface area contributed by atoms with E-state index in [1.165, 1.54) is 18.7 Å². The maximum Gasteiger partial charge on any atom is 0.327 e. The van der Waals surface area contributed by atoms with E-state index in [1.807, 2.05) is 0 Å². The molecule has 2 rings (SSSR count). The number of hydrogen-bond acceptors (Lipinski definition) is 13. The monoisotopic (exact) mass is 884 g/mol. The Morgan fingerprint density at radius 2 is 1.21 bits per heavy atom. The Labute approximate surface area is 357 Å². The minimum Gasteiger partial charge on any atom is -0.480 e. The first-order valence-corrected chi connectivity index (χ1v) is 20.4. The Bertz CT molecular complexity index is 1660. The van der Waals surface area contributed by atoms with Crippen molar-refractivity contribution in [2.75, 3.05) is 45.1 Å². The molecule has 8 amide bonds. The number of amides is 8. The summed E-state index contributed by atoms with van der Waals surface area (Å²) in [5, 5.41) is 34.1. The largest absolute Gasteiger partial charge is 0.480 e. The first-order chi connectivity index (χ1) is 28.8. The van der Waals surface area contributed by atoms with Crippen LogP contribution in [0.15, 0.2) is 9.98 Å². The van der Waals surface area contributed by atoms with E-state index in [9.17, 15) is 48.3 Å². The molecule has 7 atom stereocenters. The zero-order valence-corrected chi connectivity index (χ0v) is 35.2. The highest BCUT2D eigenvalue weighted by Crippen LogP contribution is 2.21. The van der Waals surface area contributed by atoms with Gasteiger partial charge in [-0.05, 0) is 58.3 Å². The number of nitrogens with zero attached hydrogens (tertiary/aromatic N) is 4. The molecule has 25 nitrogen and oxygen atoms in total. The zero-order chi connectivity index (χ0) is 45.8. The Hall–Kier alpha value is -5.92. The third-order valence-corrected chi connectivity index (χ3v) is 10.0. The van der Waals surface area contributed by atoms with E-state index in [1.54, 1.807) is 0 Å². The second-order valence-corrected chi connectivity index (χ2v) is 14.8. The van der Waals surface area contributed by atoms with Crippen LogP contribution in [0.3, 0.4) is 0 Å². The van der Waals surface area contributed by atoms with Gasteiger partial charge in [0.25, 0.3) is 0 Å². The summed E-state index contributed by atoms with van der Waals surface area (Å²) in [5.74, 6) is -7.49. The summed E-state index contributed by atoms with van der Waals surface area (Å²) in [4.78, 5) is 126. The lowest BCUT2D eigenvalue weighted by Gasteiger charge is -2.30. The van der Waals surface area contributed by atoms with Crippen molar-refractivity contribution in [2.24, 2.45) is 32.9 Å². The third-order valence-electron chi connectivity index (χ3n) is 9.66. The fraction of sp³-hybridized carbons (Fsp3) is 0.686. The van der Waals surface area contributed by atoms with Crippen molar-refractivity contribution in [1.82, 2.24) is 41.7 Å². The van der Waals surface area contributed by atoms with E-state index in [4.69, 9.17) is 28.0 Å². The van der Waals surface area contributed by atoms with Crippen molar-refractivity contribution in [3.05, 3.63) is 0 Å². The average Bonchev–Trinajstić information content (AvgIpc) is 3.90. The number of aliphatic carboxylic acids is 1. The lowest BCUT2D eigenvalue weighted by molar-refractivity contribution is -0.144. The molecule has 2 heterocycles. The molecule has 61 heavy (non-hydrogen) atoms. The van der Waals surface area contributed by atoms with Crippen molar-refractivity contribution in [2.45, 2.75) is 108 Å². The van der Waals surface area contributed by atoms with Crippen molar-refractivity contribution < 1.29 is 53.4 Å². The number of likely N-dealkylation sites (tertiary alicyclic amines) is 2. The molecule has 2 saturated heterocycles. The SMILES string of the molecule is CC(=O)N[C@@H](CCCN=C(N)N)C(=O)N[C@@H](C)C(=O)N1CCC[C@H]1C(=O)N[C@@H](CCCN=C(N)N)C(=O)N[C@@H](CO)C(=O)N1CCC[C@H]1C(=O)NCC(=O)N[C@@H](CS)C(=O)O. The van der Waals surface area contributed by atoms with Gasteiger partial charge in [-0.1, -0.05) is 0 Å². The second kappa shape index (κ2) is 25.6. The molecular formula is C35H60N14O11S. The number of aliphatic imine (C=N–C) groups is 2. The van der Waals surface area contributed by atoms with Gasteiger partial charge in [0.15, 0.2) is 11.9 Å². The third kappa shape index (κ3) is 16.9. The Morgan fingerprint density at radius 3 is 1.70 bits per heavy atom. The quantitative estimate of drug-likeness (QED) is 0.0186. The number of aliphatic hydroxyl groups is 1. The Morgan fingerprint density at radius 1 is 0.705 bits per heavy atom. The van der Waals surface area contributed by atoms with Gasteiger partial charge in [0.05, 0.1) is 13.2 Å². The normalized spacial score (nSPS) is 18.2. The number of carbonyl (C=O) groups excluding carboxylic acids is 8. The van der Waals surface area contributed by atoms with E-state index < -0.39 is 109 Å². The minimum atomic E-state index is -1.56. The number of guanidine groups is 2. The molecule has 2 fully saturated rings. The maximum atomic E-state index is 13.8. The predicted octanol–water partition coefficient (Wildman–Crippen LogP) is -6.34. The molecule has 0 aromatic carbocycles. The number of carbonyl (C=O) groups is 9. The molecular weight excluding hydrogens is 825 g/mol. The van der Waals surface area contributed by atoms with Gasteiger partial charge in [-0.2, -0.15) is 12.6 Å². The summed E-state index contributed by atoms with van der Waals surface area (Å²) in [7, 11) is 0. The molecule has 0 unspecified atom stereocenters. The van der Waals surface area contributed by atoms with Gasteiger partial charge >= 0.3 is 5.97 Å². The molecule has 0 saturated carbocycles. The maximum absolute atomic E-state index is 13.8. The van der Waals surface area contributed by atoms with Crippen LogP contribution in [0.2, 0.25) is 0 Å². The van der Waals surface area contributed by atoms with Gasteiger partial charge in [0.2, 0.25) is 47.3 Å². The number of rotatable bonds is 24. The standard InChI is InChI=1S/C35H60N14O11S/c1-18(43-27(53)20(44-19(2)51)7-3-11-40-34(36)37)31(57)48-13-6-10-25(48)30(56)46-21(8-4-12-41-35(38)39)28(54)47-22(16-50)32(58)49-14-5-9-24(49)29(55)42-15-26(52)45-23(17-61)33(59)60/h18,20-25,50,61H,3-17H2,1-2H3,(H,42,55)(H,43,53)(H,44,51)(H,45,52)(H,46,56)(H,47,54)(H,59,60)(H4,36,37,40)(H4,38,39,41)/t18-,20-,21-,22-,23-,24-,25-/m0/s1. The van der Waals surface area contributed by atoms with E-state index in [-0.39, 0.29) is 76.0 Å². The number of carboxylic acids is 1. The molecule has 0 aromatic heterocycles. The van der Waals surface area contributed by atoms with Crippen molar-refractivity contribution in [3.8, 4) is 0 Å². The van der Waals surface area contributed by atoms with Crippen LogP contribution in [0.5, 0.6) is 0 Å². The smallest absolute Gasteiger partial charge is 0.327 e. The second-order valence-electron chi connectivity index (χ2n) is 14.4. The fourth-order valence-electron chi connectivity index (χ4n) is 6.66. The van der Waals surface area contributed by atoms with Crippen molar-refractivity contribution >= 4 is 77.8 Å². The van der Waals surface area contributed by atoms with Crippen LogP contribution in [-0.4, -0.2) is 173 Å². The van der Waals surface area contributed by atoms with Gasteiger partial charge in [-0.25, -0.2) is 4.79 Å². The predicted molar refractivity (Wildman–Crippen MR) is 222 cm³/mol. The van der Waals surface area contributed by atoms with Crippen LogP contribution in [-0.2, 0) is 43.2 Å². The average molecular weight is 885 g/mol. The lowest BCUT2D eigenvalue weighted by atomic mass is 10.1. The van der Waals surface area contributed by atoms with E-state index in [0.29, 0.717) is 19.3 Å². The van der Waals surface area contributed by atoms with Crippen LogP contribution in [0.25, 0.3) is 0 Å². The van der Waals surface area contributed by atoms with E-state index in [0.717, 1.165) is 4.90 Å². The number of nitrogens with two attached hydrogens (primary N) is 4. The molecule has 0 aliphatic carbocycles. The van der Waals surface area contributed by atoms with Crippen LogP contribution in [0.4, 0.5) is 0 Å². The summed E-state index contributed by atoms with van der Waals surface area (Å²) in [6.07, 6.45) is 1.84. The molecule has 0 spiro atoms. The highest BCUT2D eigenvalue weighted by Gasteiger charge is 2.40. The highest BCUT2D eigenvalue weighted by molar-refractivity contribution is 7.80. The molecule has 342 valence electrons. The molecule has 0 aromatic rings. The summed E-state index contributed by atoms with van der Waals surface area (Å²) in [5.41, 5.74) is 21.5. The van der Waals surface area contributed by atoms with Gasteiger partial charge < -0.3 is 74.8 Å². The first-order valence-electron chi connectivity index (χ1n) is 19.7. The molecule has 0 radical (unpaired) electrons. The lowest BCUT2D eigenvalue weighted by Crippen LogP contribution is -2.59. The topological polar surface area (TPSA) is 402 Å². The van der Waals surface area contributed by atoms with Crippen LogP contribution < -0.4 is 54.8 Å². The van der Waals surface area contributed by atoms with Crippen molar-refractivity contribution in [3.63, 3.8) is 0 Å². The van der Waals surface area contributed by atoms with E-state index >= 15 is 0 Å². The summed E-state index contributed by atoms with van der Waals surface area (Å²) < 4.78 is 0. The number of carboxylic acid groups (broad SMARTS) is 1. The molecule has 2 aliphatic rings. The van der Waals surface area contributed by atoms with Gasteiger partial charge in [-0.15, -0.1) is 0 Å². The molecule has 26 heteroatoms. The number of nitrogens with one attached hydrogen (secondary N) is 6. The number of aliphatic hydroxyl groups excluding tert-OH is 1. The number of hydrogen-bond donors (Lipinski definition) is 13. The number of thiol groups is 1. The van der Waals surface area contributed by atoms with Crippen LogP contribution in [0.1, 0.15) is 65.2 Å². The van der Waals surface area contributed by atoms with Gasteiger partial charge in [0, 0.05) is 38.9 Å². The van der Waals surface area contributed by atoms with Crippen LogP contribution >= 0.6 is 12.6 Å². The van der Waals surface area contributed by atoms with Crippen molar-refractivity contribution in [1.29, 1.82) is 0 Å². The Kier molecular flexibility index (Phi) is 21.5. The molecule has 2 aliphatic heterocycles. The summed E-state index contributed by atoms with van der Waals surface area (Å²) >= 11 is 3.87. The van der Waals surface area contributed by atoms with Gasteiger partial charge in [0.1, 0.15) is 42.3 Å². The van der Waals surface area contributed by atoms with E-state index in [2.05, 4.69) is 54.5 Å². The summed E-state index contributed by atoms with van der Waals surface area (Å²) in [6, 6.07) is -8.43. The minimum absolute atomic E-state index is 0.0473. The molecule has 0 bridgehead atoms. The van der Waals surface area contributed by atoms with Crippen LogP contribution in [0, 0.1) is 0 Å². The summed E-state index contributed by atoms with van der Waals surface area (Å²) in [6.45, 7) is 1.68. The van der Waals surface area contributed by atoms with Gasteiger partial charge in [-0.3, -0.25) is 48.3 Å². The Balaban J connectivity index is 2.15. The highest BCUT2D eigenvalue weighted by atomic mass is 32.1. The zero-order valence-electron chi connectivity index (χ0n) is 34.3. The molecule has 16 N–H and O–H groups in total.